The molecule has 8 heteroatoms. The predicted molar refractivity (Wildman–Crippen MR) is 441 cm³/mol. The summed E-state index contributed by atoms with van der Waals surface area (Å²) >= 11 is 0. The van der Waals surface area contributed by atoms with Crippen LogP contribution in [0.15, 0.2) is 261 Å². The molecule has 0 radical (unpaired) electrons. The van der Waals surface area contributed by atoms with E-state index >= 15 is 17.6 Å². The van der Waals surface area contributed by atoms with Crippen molar-refractivity contribution in [2.75, 3.05) is 9.80 Å². The Labute approximate surface area is 622 Å². The molecule has 0 unspecified atom stereocenters. The van der Waals surface area contributed by atoms with Gasteiger partial charge in [-0.25, -0.2) is 17.6 Å². The van der Waals surface area contributed by atoms with E-state index in [1.165, 1.54) is 52.1 Å². The van der Waals surface area contributed by atoms with Gasteiger partial charge < -0.3 is 14.4 Å². The van der Waals surface area contributed by atoms with E-state index in [1.807, 2.05) is 84.9 Å². The predicted octanol–water partition coefficient (Wildman–Crippen LogP) is 25.9. The minimum absolute atomic E-state index is 0.179. The van der Waals surface area contributed by atoms with Gasteiger partial charge in [0.2, 0.25) is 0 Å². The third kappa shape index (κ3) is 11.9. The van der Waals surface area contributed by atoms with Crippen LogP contribution in [0, 0.1) is 23.3 Å². The highest BCUT2D eigenvalue weighted by molar-refractivity contribution is 7.00. The molecule has 0 N–H and O–H groups in total. The summed E-state index contributed by atoms with van der Waals surface area (Å²) < 4.78 is 72.6. The second-order valence-electron chi connectivity index (χ2n) is 34.3. The van der Waals surface area contributed by atoms with E-state index < -0.39 is 30.0 Å². The maximum absolute atomic E-state index is 17.6. The van der Waals surface area contributed by atoms with Crippen molar-refractivity contribution in [2.24, 2.45) is 0 Å². The molecule has 3 heterocycles. The van der Waals surface area contributed by atoms with Crippen LogP contribution >= 0.6 is 0 Å². The average molecular weight is 1390 g/mol. The Hall–Kier alpha value is -11.0. The lowest BCUT2D eigenvalue weighted by atomic mass is 9.33. The van der Waals surface area contributed by atoms with Crippen LogP contribution in [0.2, 0.25) is 0 Å². The first-order chi connectivity index (χ1) is 50.4. The number of nitrogens with zero attached hydrogens (tertiary/aromatic N) is 3. The maximum Gasteiger partial charge on any atom is 0.252 e. The van der Waals surface area contributed by atoms with Crippen LogP contribution < -0.4 is 26.2 Å². The van der Waals surface area contributed by atoms with Gasteiger partial charge in [0.05, 0.1) is 28.1 Å². The molecule has 2 aliphatic rings. The fourth-order valence-electron chi connectivity index (χ4n) is 16.2. The third-order valence-corrected chi connectivity index (χ3v) is 22.0. The van der Waals surface area contributed by atoms with Gasteiger partial charge in [0.25, 0.3) is 6.71 Å². The fraction of sp³-hybridized carbons (Fsp3) is 0.204. The van der Waals surface area contributed by atoms with E-state index in [2.05, 4.69) is 246 Å². The molecule has 0 fully saturated rings. The van der Waals surface area contributed by atoms with Gasteiger partial charge in [0, 0.05) is 78.0 Å². The number of aromatic nitrogens is 1. The zero-order chi connectivity index (χ0) is 74.4. The molecule has 0 atom stereocenters. The molecule has 2 aliphatic heterocycles. The summed E-state index contributed by atoms with van der Waals surface area (Å²) in [5.74, 6) is -1.75. The van der Waals surface area contributed by atoms with Crippen molar-refractivity contribution in [2.45, 2.75) is 131 Å². The van der Waals surface area contributed by atoms with E-state index in [9.17, 15) is 0 Å². The highest BCUT2D eigenvalue weighted by atomic mass is 19.1. The summed E-state index contributed by atoms with van der Waals surface area (Å²) in [5.41, 5.74) is 22.3. The second kappa shape index (κ2) is 25.4. The van der Waals surface area contributed by atoms with Crippen molar-refractivity contribution in [3.05, 3.63) is 312 Å². The van der Waals surface area contributed by atoms with Crippen LogP contribution in [0.25, 0.3) is 94.3 Å². The lowest BCUT2D eigenvalue weighted by molar-refractivity contribution is 0.568. The smallest absolute Gasteiger partial charge is 0.252 e. The van der Waals surface area contributed by atoms with Crippen LogP contribution in [-0.4, -0.2) is 11.3 Å². The zero-order valence-electron chi connectivity index (χ0n) is 63.3. The summed E-state index contributed by atoms with van der Waals surface area (Å²) in [6.07, 6.45) is 0. The van der Waals surface area contributed by atoms with Gasteiger partial charge in [-0.05, 0) is 160 Å². The van der Waals surface area contributed by atoms with Crippen molar-refractivity contribution in [1.29, 1.82) is 0 Å². The quantitative estimate of drug-likeness (QED) is 0.105. The first-order valence-electron chi connectivity index (χ1n) is 37.1. The summed E-state index contributed by atoms with van der Waals surface area (Å²) in [5, 5.41) is 2.14. The normalized spacial score (nSPS) is 13.2. The Morgan fingerprint density at radius 2 is 0.585 bits per heavy atom. The van der Waals surface area contributed by atoms with E-state index in [4.69, 9.17) is 0 Å². The topological polar surface area (TPSA) is 11.4 Å². The second-order valence-corrected chi connectivity index (χ2v) is 34.3. The minimum Gasteiger partial charge on any atom is -0.310 e. The number of para-hydroxylation sites is 3. The number of fused-ring (bicyclic) bond motifs is 7. The Bertz CT molecular complexity index is 5420. The molecule has 0 saturated carbocycles. The molecule has 0 bridgehead atoms. The minimum atomic E-state index is -0.584. The lowest BCUT2D eigenvalue weighted by Crippen LogP contribution is -2.61. The monoisotopic (exact) mass is 1390 g/mol. The van der Waals surface area contributed by atoms with Crippen molar-refractivity contribution in [1.82, 2.24) is 4.57 Å². The molecule has 0 aliphatic carbocycles. The van der Waals surface area contributed by atoms with Crippen LogP contribution in [0.1, 0.15) is 132 Å². The van der Waals surface area contributed by atoms with E-state index in [0.717, 1.165) is 88.9 Å². The Kier molecular flexibility index (Phi) is 16.6. The number of benzene rings is 13. The van der Waals surface area contributed by atoms with Crippen molar-refractivity contribution >= 4 is 79.0 Å². The van der Waals surface area contributed by atoms with E-state index in [-0.39, 0.29) is 27.1 Å². The number of anilines is 6. The molecular weight excluding hydrogens is 1310 g/mol. The Balaban J connectivity index is 1.14. The highest BCUT2D eigenvalue weighted by Gasteiger charge is 2.47. The molecule has 0 saturated heterocycles. The van der Waals surface area contributed by atoms with E-state index in [1.54, 1.807) is 24.3 Å². The first-order valence-corrected chi connectivity index (χ1v) is 37.1. The number of hydrogen-bond acceptors (Lipinski definition) is 2. The van der Waals surface area contributed by atoms with Gasteiger partial charge in [-0.2, -0.15) is 0 Å². The molecule has 3 nitrogen and oxygen atoms in total. The summed E-state index contributed by atoms with van der Waals surface area (Å²) in [6.45, 7) is 33.4. The van der Waals surface area contributed by atoms with Crippen molar-refractivity contribution in [3.8, 4) is 72.4 Å². The average Bonchev–Trinajstić information content (AvgIpc) is 0.775. The number of rotatable bonds is 9. The maximum atomic E-state index is 17.6. The van der Waals surface area contributed by atoms with Crippen LogP contribution in [0.4, 0.5) is 51.7 Å². The Morgan fingerprint density at radius 1 is 0.255 bits per heavy atom. The lowest BCUT2D eigenvalue weighted by Gasteiger charge is -2.46. The van der Waals surface area contributed by atoms with Gasteiger partial charge in [-0.1, -0.05) is 298 Å². The molecule has 106 heavy (non-hydrogen) atoms. The SMILES string of the molecule is CC(C)(C)c1cc(-c2ccc3c(c2)B2c4cc(-c5cc(C(C)(C)C)cc(C(C)(C)C)c5)ccc4N(c4c(-c5ccccc5F)cccc4-c4ccccc4F)c4cc(-n5c6ccccc6c6cc(C(C)(C)C)ccc65)cc(c42)N3c2c(-c3ccccc3F)cccc2-c2ccccc2F)cc(C(C)(C)C)c1. The number of halogens is 4. The summed E-state index contributed by atoms with van der Waals surface area (Å²) in [6, 6.07) is 86.7. The number of hydrogen-bond donors (Lipinski definition) is 0. The standard InChI is InChI=1S/C98H88BF4N3/c1-94(2,3)63-44-47-86-78(56-63)73-32-20-25-41-85(73)104(86)68-57-89-91-90(58-68)106(93-76(71-30-18-23-39-83(71)102)35-27-36-77(93)72-31-19-24-40-84(72)103)88-46-43-60(62-50-66(97(10,11)12)55-67(51-62)98(13,14)15)53-80(88)99(91)79-52-59(61-48-64(95(4,5)6)54-65(49-61)96(7,8)9)42-45-87(79)105(89)92-74(69-28-16-21-37-81(69)100)33-26-34-75(92)70-29-17-22-38-82(70)101/h16-58H,1-15H3. The molecular formula is C98H88BF4N3. The van der Waals surface area contributed by atoms with Gasteiger partial charge in [0.1, 0.15) is 23.3 Å². The van der Waals surface area contributed by atoms with Gasteiger partial charge in [0.15, 0.2) is 0 Å². The third-order valence-electron chi connectivity index (χ3n) is 22.0. The van der Waals surface area contributed by atoms with Crippen molar-refractivity contribution < 1.29 is 17.6 Å². The van der Waals surface area contributed by atoms with Gasteiger partial charge in [-0.15, -0.1) is 0 Å². The Morgan fingerprint density at radius 3 is 0.943 bits per heavy atom. The first kappa shape index (κ1) is 69.4. The highest BCUT2D eigenvalue weighted by Crippen LogP contribution is 2.55. The molecule has 13 aromatic carbocycles. The van der Waals surface area contributed by atoms with Crippen molar-refractivity contribution in [3.63, 3.8) is 0 Å². The van der Waals surface area contributed by atoms with Gasteiger partial charge in [-0.3, -0.25) is 0 Å². The molecule has 0 amide bonds. The summed E-state index contributed by atoms with van der Waals surface area (Å²) in [7, 11) is 0. The molecule has 526 valence electrons. The molecule has 0 spiro atoms. The summed E-state index contributed by atoms with van der Waals surface area (Å²) in [4.78, 5) is 4.57. The van der Waals surface area contributed by atoms with Crippen LogP contribution in [0.3, 0.4) is 0 Å². The molecule has 14 aromatic rings. The fourth-order valence-corrected chi connectivity index (χ4v) is 16.2. The molecule has 1 aromatic heterocycles. The van der Waals surface area contributed by atoms with Crippen LogP contribution in [0.5, 0.6) is 0 Å². The molecule has 16 rings (SSSR count). The van der Waals surface area contributed by atoms with Crippen LogP contribution in [-0.2, 0) is 27.1 Å². The van der Waals surface area contributed by atoms with E-state index in [0.29, 0.717) is 55.9 Å². The van der Waals surface area contributed by atoms with Gasteiger partial charge >= 0.3 is 0 Å². The largest absolute Gasteiger partial charge is 0.310 e. The zero-order valence-corrected chi connectivity index (χ0v) is 63.3.